The summed E-state index contributed by atoms with van der Waals surface area (Å²) >= 11 is 0. The smallest absolute Gasteiger partial charge is 0.343 e. The number of carbonyl (C=O) groups is 4. The fourth-order valence-electron chi connectivity index (χ4n) is 3.85. The number of anilines is 1. The summed E-state index contributed by atoms with van der Waals surface area (Å²) in [5.74, 6) is -0.624. The summed E-state index contributed by atoms with van der Waals surface area (Å²) < 4.78 is 26.5. The number of nitrogens with one attached hydrogen (secondary N) is 1. The van der Waals surface area contributed by atoms with E-state index < -0.39 is 23.8 Å². The zero-order valence-electron chi connectivity index (χ0n) is 20.2. The second-order valence-corrected chi connectivity index (χ2v) is 8.03. The molecule has 11 heteroatoms. The molecule has 0 aliphatic carbocycles. The van der Waals surface area contributed by atoms with Crippen LogP contribution in [0.1, 0.15) is 15.9 Å². The van der Waals surface area contributed by atoms with Gasteiger partial charge in [0.25, 0.3) is 11.8 Å². The number of ether oxygens (including phenoxy) is 5. The Bertz CT molecular complexity index is 1510. The van der Waals surface area contributed by atoms with Gasteiger partial charge in [0.05, 0.1) is 25.5 Å². The average Bonchev–Trinajstić information content (AvgIpc) is 3.40. The summed E-state index contributed by atoms with van der Waals surface area (Å²) in [6.45, 7) is 0.0740. The molecule has 2 aliphatic rings. The predicted molar refractivity (Wildman–Crippen MR) is 133 cm³/mol. The van der Waals surface area contributed by atoms with Crippen LogP contribution in [-0.4, -0.2) is 44.8 Å². The van der Waals surface area contributed by atoms with E-state index in [9.17, 15) is 19.2 Å². The van der Waals surface area contributed by atoms with Gasteiger partial charge in [-0.3, -0.25) is 14.9 Å². The van der Waals surface area contributed by atoms with E-state index in [4.69, 9.17) is 23.7 Å². The first-order chi connectivity index (χ1) is 18.4. The summed E-state index contributed by atoms with van der Waals surface area (Å²) in [7, 11) is 2.83. The Hall–Kier alpha value is -5.32. The Labute approximate surface area is 216 Å². The highest BCUT2D eigenvalue weighted by atomic mass is 16.7. The van der Waals surface area contributed by atoms with Gasteiger partial charge in [0.1, 0.15) is 11.3 Å². The number of hydrogen-bond acceptors (Lipinski definition) is 9. The number of fused-ring (bicyclic) bond motifs is 1. The van der Waals surface area contributed by atoms with Gasteiger partial charge >= 0.3 is 12.0 Å². The van der Waals surface area contributed by atoms with Crippen LogP contribution in [0.4, 0.5) is 10.5 Å². The quantitative estimate of drug-likeness (QED) is 0.227. The third-order valence-corrected chi connectivity index (χ3v) is 5.72. The molecule has 1 fully saturated rings. The topological polar surface area (TPSA) is 130 Å². The highest BCUT2D eigenvalue weighted by molar-refractivity contribution is 6.39. The number of carbonyl (C=O) groups excluding carboxylic acids is 4. The molecule has 1 saturated heterocycles. The maximum Gasteiger partial charge on any atom is 0.343 e. The van der Waals surface area contributed by atoms with Crippen LogP contribution in [0.5, 0.6) is 28.7 Å². The van der Waals surface area contributed by atoms with Crippen molar-refractivity contribution in [2.45, 2.75) is 0 Å². The molecule has 192 valence electrons. The molecule has 0 aromatic heterocycles. The number of amides is 4. The lowest BCUT2D eigenvalue weighted by Gasteiger charge is -2.26. The minimum absolute atomic E-state index is 0.0740. The summed E-state index contributed by atoms with van der Waals surface area (Å²) in [6, 6.07) is 14.6. The lowest BCUT2D eigenvalue weighted by atomic mass is 10.1. The van der Waals surface area contributed by atoms with Crippen molar-refractivity contribution in [3.8, 4) is 28.7 Å². The molecular formula is C27H20N2O9. The normalized spacial score (nSPS) is 15.4. The standard InChI is InChI=1S/C27H20N2O9/c1-34-18-5-3-4-17(13-18)29-25(31)19(24(30)28-27(29)33)10-15-6-8-21(22(11-15)35-2)38-26(32)16-7-9-20-23(12-16)37-14-36-20/h3-13H,14H2,1-2H3,(H,28,30,33)/b19-10+. The third-order valence-electron chi connectivity index (χ3n) is 5.72. The number of urea groups is 1. The zero-order chi connectivity index (χ0) is 26.8. The van der Waals surface area contributed by atoms with Crippen molar-refractivity contribution in [2.75, 3.05) is 25.9 Å². The SMILES string of the molecule is COc1cccc(N2C(=O)NC(=O)/C(=C\c3ccc(OC(=O)c4ccc5c(c4)OCO5)c(OC)c3)C2=O)c1. The molecule has 0 bridgehead atoms. The molecule has 2 aliphatic heterocycles. The fraction of sp³-hybridized carbons (Fsp3) is 0.111. The van der Waals surface area contributed by atoms with Gasteiger partial charge < -0.3 is 23.7 Å². The van der Waals surface area contributed by atoms with Gasteiger partial charge in [-0.05, 0) is 54.1 Å². The van der Waals surface area contributed by atoms with Gasteiger partial charge in [-0.2, -0.15) is 0 Å². The van der Waals surface area contributed by atoms with Crippen molar-refractivity contribution in [2.24, 2.45) is 0 Å². The van der Waals surface area contributed by atoms with E-state index in [-0.39, 0.29) is 35.1 Å². The van der Waals surface area contributed by atoms with Crippen LogP contribution in [-0.2, 0) is 9.59 Å². The first-order valence-corrected chi connectivity index (χ1v) is 11.2. The number of nitrogens with zero attached hydrogens (tertiary/aromatic N) is 1. The Kier molecular flexibility index (Phi) is 6.40. The Morgan fingerprint density at radius 1 is 0.921 bits per heavy atom. The highest BCUT2D eigenvalue weighted by Gasteiger charge is 2.37. The van der Waals surface area contributed by atoms with Crippen LogP contribution in [0.2, 0.25) is 0 Å². The van der Waals surface area contributed by atoms with Gasteiger partial charge in [-0.25, -0.2) is 14.5 Å². The molecule has 0 radical (unpaired) electrons. The van der Waals surface area contributed by atoms with Crippen LogP contribution in [0.3, 0.4) is 0 Å². The number of rotatable bonds is 6. The van der Waals surface area contributed by atoms with Crippen molar-refractivity contribution in [1.82, 2.24) is 5.32 Å². The van der Waals surface area contributed by atoms with Crippen molar-refractivity contribution >= 4 is 35.6 Å². The third kappa shape index (κ3) is 4.60. The number of benzene rings is 3. The van der Waals surface area contributed by atoms with Gasteiger partial charge in [-0.15, -0.1) is 0 Å². The number of esters is 1. The molecule has 38 heavy (non-hydrogen) atoms. The monoisotopic (exact) mass is 516 g/mol. The predicted octanol–water partition coefficient (Wildman–Crippen LogP) is 3.32. The van der Waals surface area contributed by atoms with Crippen molar-refractivity contribution in [3.05, 3.63) is 77.4 Å². The first kappa shape index (κ1) is 24.4. The first-order valence-electron chi connectivity index (χ1n) is 11.2. The minimum atomic E-state index is -0.881. The van der Waals surface area contributed by atoms with Crippen molar-refractivity contribution in [1.29, 1.82) is 0 Å². The van der Waals surface area contributed by atoms with Crippen LogP contribution in [0.25, 0.3) is 6.08 Å². The average molecular weight is 516 g/mol. The number of methoxy groups -OCH3 is 2. The minimum Gasteiger partial charge on any atom is -0.497 e. The maximum atomic E-state index is 13.2. The van der Waals surface area contributed by atoms with E-state index in [2.05, 4.69) is 5.32 Å². The molecule has 1 N–H and O–H groups in total. The molecule has 3 aromatic rings. The van der Waals surface area contributed by atoms with Crippen LogP contribution >= 0.6 is 0 Å². The molecule has 2 heterocycles. The zero-order valence-corrected chi connectivity index (χ0v) is 20.2. The fourth-order valence-corrected chi connectivity index (χ4v) is 3.85. The molecule has 0 atom stereocenters. The molecule has 11 nitrogen and oxygen atoms in total. The van der Waals surface area contributed by atoms with Crippen molar-refractivity contribution < 1.29 is 42.9 Å². The maximum absolute atomic E-state index is 13.2. The molecule has 0 spiro atoms. The summed E-state index contributed by atoms with van der Waals surface area (Å²) in [5, 5.41) is 2.17. The van der Waals surface area contributed by atoms with Crippen LogP contribution < -0.4 is 33.9 Å². The van der Waals surface area contributed by atoms with E-state index in [1.165, 1.54) is 50.6 Å². The van der Waals surface area contributed by atoms with E-state index in [1.807, 2.05) is 0 Å². The molecule has 4 amide bonds. The Morgan fingerprint density at radius 3 is 2.53 bits per heavy atom. The van der Waals surface area contributed by atoms with Crippen LogP contribution in [0.15, 0.2) is 66.2 Å². The Morgan fingerprint density at radius 2 is 1.74 bits per heavy atom. The summed E-state index contributed by atoms with van der Waals surface area (Å²) in [4.78, 5) is 51.7. The van der Waals surface area contributed by atoms with E-state index in [1.54, 1.807) is 30.3 Å². The number of barbiturate groups is 1. The number of imide groups is 2. The molecule has 0 saturated carbocycles. The molecule has 3 aromatic carbocycles. The van der Waals surface area contributed by atoms with Gasteiger partial charge in [-0.1, -0.05) is 12.1 Å². The van der Waals surface area contributed by atoms with E-state index in [0.717, 1.165) is 4.90 Å². The molecular weight excluding hydrogens is 496 g/mol. The Balaban J connectivity index is 1.40. The summed E-state index contributed by atoms with van der Waals surface area (Å²) in [6.07, 6.45) is 1.31. The van der Waals surface area contributed by atoms with Crippen molar-refractivity contribution in [3.63, 3.8) is 0 Å². The molecule has 0 unspecified atom stereocenters. The largest absolute Gasteiger partial charge is 0.497 e. The van der Waals surface area contributed by atoms with Gasteiger partial charge in [0.2, 0.25) is 6.79 Å². The second-order valence-electron chi connectivity index (χ2n) is 8.03. The lowest BCUT2D eigenvalue weighted by Crippen LogP contribution is -2.54. The molecule has 5 rings (SSSR count). The lowest BCUT2D eigenvalue weighted by molar-refractivity contribution is -0.122. The summed E-state index contributed by atoms with van der Waals surface area (Å²) in [5.41, 5.74) is 0.589. The second kappa shape index (κ2) is 9.97. The van der Waals surface area contributed by atoms with Gasteiger partial charge in [0.15, 0.2) is 23.0 Å². The highest BCUT2D eigenvalue weighted by Crippen LogP contribution is 2.34. The van der Waals surface area contributed by atoms with E-state index in [0.29, 0.717) is 22.8 Å². The number of hydrogen-bond donors (Lipinski definition) is 1. The van der Waals surface area contributed by atoms with Gasteiger partial charge in [0, 0.05) is 6.07 Å². The van der Waals surface area contributed by atoms with E-state index >= 15 is 0 Å². The van der Waals surface area contributed by atoms with Crippen LogP contribution in [0, 0.1) is 0 Å².